The van der Waals surface area contributed by atoms with Crippen LogP contribution in [0.5, 0.6) is 5.75 Å². The summed E-state index contributed by atoms with van der Waals surface area (Å²) >= 11 is 1.82. The van der Waals surface area contributed by atoms with Crippen molar-refractivity contribution < 1.29 is 14.6 Å². The van der Waals surface area contributed by atoms with Gasteiger partial charge in [-0.3, -0.25) is 10.1 Å². The van der Waals surface area contributed by atoms with Gasteiger partial charge in [-0.2, -0.15) is 0 Å². The Balaban J connectivity index is 1.52. The van der Waals surface area contributed by atoms with Gasteiger partial charge in [-0.15, -0.1) is 11.8 Å². The number of carbonyl (C=O) groups is 1. The number of hydrogen-bond acceptors (Lipinski definition) is 4. The van der Waals surface area contributed by atoms with Crippen molar-refractivity contribution in [1.29, 1.82) is 0 Å². The minimum Gasteiger partial charge on any atom is -0.496 e. The van der Waals surface area contributed by atoms with Gasteiger partial charge in [0, 0.05) is 39.2 Å². The van der Waals surface area contributed by atoms with E-state index in [1.165, 1.54) is 16.0 Å². The first kappa shape index (κ1) is 25.4. The van der Waals surface area contributed by atoms with Gasteiger partial charge in [0.25, 0.3) is 0 Å². The Morgan fingerprint density at radius 2 is 1.89 bits per heavy atom. The van der Waals surface area contributed by atoms with E-state index in [1.54, 1.807) is 7.11 Å². The first-order valence-corrected chi connectivity index (χ1v) is 13.6. The number of carboxylic acid groups (broad SMARTS) is 1. The minimum absolute atomic E-state index is 0.0475. The molecule has 0 amide bonds. The smallest absolute Gasteiger partial charge is 0.321 e. The van der Waals surface area contributed by atoms with Crippen LogP contribution in [-0.2, 0) is 22.4 Å². The Labute approximate surface area is 222 Å². The molecule has 192 valence electrons. The number of H-pyrrole nitrogens is 1. The molecular weight excluding hydrogens is 480 g/mol. The van der Waals surface area contributed by atoms with Crippen LogP contribution in [0.2, 0.25) is 0 Å². The summed E-state index contributed by atoms with van der Waals surface area (Å²) in [5.41, 5.74) is 7.88. The molecule has 1 aromatic heterocycles. The van der Waals surface area contributed by atoms with Gasteiger partial charge in [0.1, 0.15) is 11.8 Å². The van der Waals surface area contributed by atoms with Crippen LogP contribution < -0.4 is 10.1 Å². The number of carboxylic acids is 1. The number of aryl methyl sites for hydroxylation is 1. The number of thioether (sulfide) groups is 1. The number of aromatic amines is 1. The van der Waals surface area contributed by atoms with Crippen LogP contribution in [0.4, 0.5) is 0 Å². The van der Waals surface area contributed by atoms with E-state index in [1.807, 2.05) is 42.1 Å². The molecule has 0 aliphatic carbocycles. The third kappa shape index (κ3) is 5.00. The molecule has 37 heavy (non-hydrogen) atoms. The molecule has 0 saturated carbocycles. The second kappa shape index (κ2) is 9.92. The van der Waals surface area contributed by atoms with Crippen molar-refractivity contribution in [3.05, 3.63) is 94.2 Å². The number of hydrogen-bond donors (Lipinski definition) is 3. The van der Waals surface area contributed by atoms with Crippen LogP contribution >= 0.6 is 11.8 Å². The highest BCUT2D eigenvalue weighted by molar-refractivity contribution is 7.98. The molecule has 2 heterocycles. The van der Waals surface area contributed by atoms with Gasteiger partial charge in [-0.05, 0) is 58.9 Å². The SMILES string of the molecule is COc1ccc(C2NC(C(=O)O)Cc3c2[nH]c2ccccc32)cc1CSc1cc(C)ccc1C(C)(C)C. The van der Waals surface area contributed by atoms with E-state index in [0.29, 0.717) is 6.42 Å². The number of ether oxygens (including phenoxy) is 1. The maximum absolute atomic E-state index is 12.1. The number of aromatic nitrogens is 1. The summed E-state index contributed by atoms with van der Waals surface area (Å²) in [6, 6.07) is 20.1. The van der Waals surface area contributed by atoms with Crippen molar-refractivity contribution in [2.24, 2.45) is 0 Å². The Bertz CT molecular complexity index is 1470. The van der Waals surface area contributed by atoms with Crippen LogP contribution in [-0.4, -0.2) is 29.2 Å². The largest absolute Gasteiger partial charge is 0.496 e. The second-order valence-electron chi connectivity index (χ2n) is 10.9. The first-order chi connectivity index (χ1) is 17.7. The predicted octanol–water partition coefficient (Wildman–Crippen LogP) is 6.76. The van der Waals surface area contributed by atoms with Crippen molar-refractivity contribution in [3.8, 4) is 5.75 Å². The lowest BCUT2D eigenvalue weighted by Gasteiger charge is -2.30. The van der Waals surface area contributed by atoms with Crippen LogP contribution in [0.15, 0.2) is 65.6 Å². The maximum atomic E-state index is 12.1. The van der Waals surface area contributed by atoms with Gasteiger partial charge in [0.05, 0.1) is 13.2 Å². The quantitative estimate of drug-likeness (QED) is 0.248. The molecule has 3 N–H and O–H groups in total. The van der Waals surface area contributed by atoms with Gasteiger partial charge in [0.15, 0.2) is 0 Å². The molecule has 5 nitrogen and oxygen atoms in total. The number of aliphatic carboxylic acids is 1. The minimum atomic E-state index is -0.834. The van der Waals surface area contributed by atoms with Crippen molar-refractivity contribution in [3.63, 3.8) is 0 Å². The van der Waals surface area contributed by atoms with E-state index in [9.17, 15) is 9.90 Å². The summed E-state index contributed by atoms with van der Waals surface area (Å²) in [4.78, 5) is 16.9. The lowest BCUT2D eigenvalue weighted by atomic mass is 9.86. The van der Waals surface area contributed by atoms with E-state index in [-0.39, 0.29) is 11.5 Å². The number of para-hydroxylation sites is 1. The zero-order chi connectivity index (χ0) is 26.3. The molecule has 0 radical (unpaired) electrons. The summed E-state index contributed by atoms with van der Waals surface area (Å²) in [6.07, 6.45) is 0.451. The van der Waals surface area contributed by atoms with Crippen molar-refractivity contribution >= 4 is 28.6 Å². The highest BCUT2D eigenvalue weighted by Gasteiger charge is 2.34. The van der Waals surface area contributed by atoms with E-state index >= 15 is 0 Å². The van der Waals surface area contributed by atoms with Crippen LogP contribution in [0.25, 0.3) is 10.9 Å². The third-order valence-corrected chi connectivity index (χ3v) is 8.28. The Hall–Kier alpha value is -3.22. The Kier molecular flexibility index (Phi) is 6.82. The van der Waals surface area contributed by atoms with E-state index < -0.39 is 12.0 Å². The maximum Gasteiger partial charge on any atom is 0.321 e. The van der Waals surface area contributed by atoms with Crippen molar-refractivity contribution in [2.75, 3.05) is 7.11 Å². The Morgan fingerprint density at radius 1 is 1.11 bits per heavy atom. The van der Waals surface area contributed by atoms with Gasteiger partial charge in [-0.1, -0.05) is 57.2 Å². The molecule has 2 atom stereocenters. The predicted molar refractivity (Wildman–Crippen MR) is 151 cm³/mol. The monoisotopic (exact) mass is 514 g/mol. The van der Waals surface area contributed by atoms with Crippen LogP contribution in [0.3, 0.4) is 0 Å². The molecule has 2 unspecified atom stereocenters. The van der Waals surface area contributed by atoms with Gasteiger partial charge >= 0.3 is 5.97 Å². The van der Waals surface area contributed by atoms with Gasteiger partial charge in [0.2, 0.25) is 0 Å². The van der Waals surface area contributed by atoms with E-state index in [0.717, 1.165) is 44.8 Å². The molecule has 0 bridgehead atoms. The zero-order valence-corrected chi connectivity index (χ0v) is 22.8. The fourth-order valence-corrected chi connectivity index (χ4v) is 6.61. The Morgan fingerprint density at radius 3 is 2.62 bits per heavy atom. The third-order valence-electron chi connectivity index (χ3n) is 7.18. The number of benzene rings is 3. The van der Waals surface area contributed by atoms with E-state index in [2.05, 4.69) is 68.3 Å². The fourth-order valence-electron chi connectivity index (χ4n) is 5.27. The van der Waals surface area contributed by atoms with Gasteiger partial charge < -0.3 is 14.8 Å². The molecule has 0 saturated heterocycles. The lowest BCUT2D eigenvalue weighted by molar-refractivity contribution is -0.139. The van der Waals surface area contributed by atoms with Crippen LogP contribution in [0.1, 0.15) is 60.3 Å². The molecule has 1 aliphatic heterocycles. The first-order valence-electron chi connectivity index (χ1n) is 12.6. The summed E-state index contributed by atoms with van der Waals surface area (Å²) < 4.78 is 5.74. The normalized spacial score (nSPS) is 17.5. The van der Waals surface area contributed by atoms with Crippen molar-refractivity contribution in [2.45, 2.75) is 62.3 Å². The summed E-state index contributed by atoms with van der Waals surface area (Å²) in [5.74, 6) is 0.751. The average Bonchev–Trinajstić information content (AvgIpc) is 3.24. The summed E-state index contributed by atoms with van der Waals surface area (Å²) in [5, 5.41) is 14.4. The van der Waals surface area contributed by atoms with Gasteiger partial charge in [-0.25, -0.2) is 0 Å². The number of rotatable bonds is 6. The number of fused-ring (bicyclic) bond motifs is 3. The molecule has 5 rings (SSSR count). The second-order valence-corrected chi connectivity index (χ2v) is 11.9. The number of methoxy groups -OCH3 is 1. The molecule has 0 spiro atoms. The highest BCUT2D eigenvalue weighted by Crippen LogP contribution is 2.39. The molecule has 0 fully saturated rings. The molecule has 6 heteroatoms. The van der Waals surface area contributed by atoms with E-state index in [4.69, 9.17) is 4.74 Å². The average molecular weight is 515 g/mol. The summed E-state index contributed by atoms with van der Waals surface area (Å²) in [7, 11) is 1.70. The standard InChI is InChI=1S/C31H34N2O3S/c1-18-10-12-23(31(2,3)4)27(14-18)37-17-20-15-19(11-13-26(20)36-5)28-29-22(16-25(33-28)30(34)35)21-8-6-7-9-24(21)32-29/h6-15,25,28,32-33H,16-17H2,1-5H3,(H,34,35). The van der Waals surface area contributed by atoms with Crippen molar-refractivity contribution in [1.82, 2.24) is 10.3 Å². The highest BCUT2D eigenvalue weighted by atomic mass is 32.2. The molecule has 3 aromatic carbocycles. The molecular formula is C31H34N2O3S. The molecule has 4 aromatic rings. The molecule has 1 aliphatic rings. The lowest BCUT2D eigenvalue weighted by Crippen LogP contribution is -2.45. The fraction of sp³-hybridized carbons (Fsp3) is 0.323. The zero-order valence-electron chi connectivity index (χ0n) is 22.0. The summed E-state index contributed by atoms with van der Waals surface area (Å²) in [6.45, 7) is 8.86. The van der Waals surface area contributed by atoms with Crippen LogP contribution in [0, 0.1) is 6.92 Å². The topological polar surface area (TPSA) is 74.3 Å². The number of nitrogens with one attached hydrogen (secondary N) is 2.